The predicted octanol–water partition coefficient (Wildman–Crippen LogP) is 0.000800. The lowest BCUT2D eigenvalue weighted by Crippen LogP contribution is -2.24. The normalized spacial score (nSPS) is 15.0. The van der Waals surface area contributed by atoms with Crippen LogP contribution in [0.5, 0.6) is 0 Å². The van der Waals surface area contributed by atoms with E-state index in [4.69, 9.17) is 5.11 Å². The Morgan fingerprint density at radius 3 is 2.65 bits per heavy atom. The highest BCUT2D eigenvalue weighted by Gasteiger charge is 2.25. The number of urea groups is 1. The molecule has 0 bridgehead atoms. The van der Waals surface area contributed by atoms with E-state index >= 15 is 0 Å². The summed E-state index contributed by atoms with van der Waals surface area (Å²) in [5.74, 6) is -0.354. The topological polar surface area (TPSA) is 85.2 Å². The molecule has 7 heteroatoms. The van der Waals surface area contributed by atoms with E-state index in [1.165, 1.54) is 6.21 Å². The molecule has 1 aliphatic heterocycles. The zero-order valence-corrected chi connectivity index (χ0v) is 11.1. The average Bonchev–Trinajstić information content (AvgIpc) is 2.75. The molecule has 1 aromatic carbocycles. The zero-order valence-electron chi connectivity index (χ0n) is 11.1. The number of rotatable bonds is 5. The molecule has 20 heavy (non-hydrogen) atoms. The standard InChI is InChI=1S/C13H16N4O3/c1-16(6-7-18)11-4-2-10(3-5-11)8-14-17-9-12(19)15-13(17)20/h2-5,8,18H,6-7,9H2,1H3,(H,15,19,20)/b14-8+. The van der Waals surface area contributed by atoms with Crippen LogP contribution in [0.4, 0.5) is 10.5 Å². The van der Waals surface area contributed by atoms with E-state index < -0.39 is 6.03 Å². The van der Waals surface area contributed by atoms with E-state index in [2.05, 4.69) is 10.4 Å². The van der Waals surface area contributed by atoms with Crippen molar-refractivity contribution in [2.75, 3.05) is 31.6 Å². The van der Waals surface area contributed by atoms with Crippen LogP contribution in [-0.2, 0) is 4.79 Å². The van der Waals surface area contributed by atoms with Crippen LogP contribution in [0.15, 0.2) is 29.4 Å². The van der Waals surface area contributed by atoms with Crippen LogP contribution in [0.25, 0.3) is 0 Å². The van der Waals surface area contributed by atoms with E-state index in [1.54, 1.807) is 0 Å². The number of nitrogens with one attached hydrogen (secondary N) is 1. The maximum absolute atomic E-state index is 11.3. The van der Waals surface area contributed by atoms with Gasteiger partial charge in [-0.1, -0.05) is 12.1 Å². The third-order valence-corrected chi connectivity index (χ3v) is 2.89. The Morgan fingerprint density at radius 1 is 1.40 bits per heavy atom. The fourth-order valence-electron chi connectivity index (χ4n) is 1.75. The SMILES string of the molecule is CN(CCO)c1ccc(/C=N/N2CC(=O)NC2=O)cc1. The highest BCUT2D eigenvalue weighted by atomic mass is 16.3. The maximum atomic E-state index is 11.3. The third kappa shape index (κ3) is 3.33. The molecule has 0 saturated carbocycles. The minimum Gasteiger partial charge on any atom is -0.395 e. The van der Waals surface area contributed by atoms with Crippen molar-refractivity contribution in [3.05, 3.63) is 29.8 Å². The highest BCUT2D eigenvalue weighted by molar-refractivity contribution is 6.02. The van der Waals surface area contributed by atoms with Gasteiger partial charge in [0.2, 0.25) is 5.91 Å². The molecule has 3 amide bonds. The lowest BCUT2D eigenvalue weighted by atomic mass is 10.2. The van der Waals surface area contributed by atoms with Gasteiger partial charge in [-0.3, -0.25) is 10.1 Å². The van der Waals surface area contributed by atoms with E-state index in [9.17, 15) is 9.59 Å². The highest BCUT2D eigenvalue weighted by Crippen LogP contribution is 2.12. The van der Waals surface area contributed by atoms with Gasteiger partial charge in [0, 0.05) is 19.3 Å². The van der Waals surface area contributed by atoms with E-state index in [1.807, 2.05) is 36.2 Å². The minimum atomic E-state index is -0.509. The Morgan fingerprint density at radius 2 is 2.10 bits per heavy atom. The Hall–Kier alpha value is -2.41. The lowest BCUT2D eigenvalue weighted by Gasteiger charge is -2.17. The molecule has 0 aromatic heterocycles. The second-order valence-corrected chi connectivity index (χ2v) is 4.39. The Bertz CT molecular complexity index is 527. The van der Waals surface area contributed by atoms with Crippen LogP contribution in [0.3, 0.4) is 0 Å². The van der Waals surface area contributed by atoms with Crippen molar-refractivity contribution >= 4 is 23.8 Å². The number of hydrazone groups is 1. The molecule has 1 aliphatic rings. The summed E-state index contributed by atoms with van der Waals surface area (Å²) in [6.07, 6.45) is 1.52. The minimum absolute atomic E-state index is 0.0490. The number of likely N-dealkylation sites (N-methyl/N-ethyl adjacent to an activating group) is 1. The maximum Gasteiger partial charge on any atom is 0.344 e. The Balaban J connectivity index is 2.00. The molecule has 2 N–H and O–H groups in total. The first kappa shape index (κ1) is 14.0. The second kappa shape index (κ2) is 6.16. The van der Waals surface area contributed by atoms with Gasteiger partial charge in [0.1, 0.15) is 6.54 Å². The smallest absolute Gasteiger partial charge is 0.344 e. The average molecular weight is 276 g/mol. The number of imide groups is 1. The zero-order chi connectivity index (χ0) is 14.5. The number of aliphatic hydroxyl groups is 1. The predicted molar refractivity (Wildman–Crippen MR) is 74.6 cm³/mol. The van der Waals surface area contributed by atoms with E-state index in [0.29, 0.717) is 6.54 Å². The van der Waals surface area contributed by atoms with Gasteiger partial charge in [-0.05, 0) is 17.7 Å². The summed E-state index contributed by atoms with van der Waals surface area (Å²) in [7, 11) is 1.89. The fraction of sp³-hybridized carbons (Fsp3) is 0.308. The molecule has 1 saturated heterocycles. The molecule has 0 spiro atoms. The summed E-state index contributed by atoms with van der Waals surface area (Å²) in [5, 5.41) is 16.1. The Labute approximate surface area is 116 Å². The van der Waals surface area contributed by atoms with Crippen molar-refractivity contribution in [1.29, 1.82) is 0 Å². The molecule has 2 rings (SSSR count). The first-order valence-corrected chi connectivity index (χ1v) is 6.17. The largest absolute Gasteiger partial charge is 0.395 e. The van der Waals surface area contributed by atoms with Gasteiger partial charge in [0.15, 0.2) is 0 Å². The van der Waals surface area contributed by atoms with Gasteiger partial charge in [-0.25, -0.2) is 9.80 Å². The van der Waals surface area contributed by atoms with E-state index in [0.717, 1.165) is 16.3 Å². The lowest BCUT2D eigenvalue weighted by molar-refractivity contribution is -0.118. The van der Waals surface area contributed by atoms with Crippen LogP contribution in [0.1, 0.15) is 5.56 Å². The number of carbonyl (C=O) groups excluding carboxylic acids is 2. The number of aliphatic hydroxyl groups excluding tert-OH is 1. The summed E-state index contributed by atoms with van der Waals surface area (Å²) >= 11 is 0. The number of carbonyl (C=O) groups is 2. The van der Waals surface area contributed by atoms with Gasteiger partial charge in [-0.2, -0.15) is 5.10 Å². The summed E-state index contributed by atoms with van der Waals surface area (Å²) in [5.41, 5.74) is 1.79. The van der Waals surface area contributed by atoms with Gasteiger partial charge in [-0.15, -0.1) is 0 Å². The second-order valence-electron chi connectivity index (χ2n) is 4.39. The number of anilines is 1. The summed E-state index contributed by atoms with van der Waals surface area (Å²) in [6, 6.07) is 6.98. The van der Waals surface area contributed by atoms with Crippen molar-refractivity contribution in [2.45, 2.75) is 0 Å². The molecule has 1 aromatic rings. The van der Waals surface area contributed by atoms with Crippen LogP contribution < -0.4 is 10.2 Å². The number of benzene rings is 1. The fourth-order valence-corrected chi connectivity index (χ4v) is 1.75. The molecule has 0 atom stereocenters. The molecule has 106 valence electrons. The number of amides is 3. The summed E-state index contributed by atoms with van der Waals surface area (Å²) in [4.78, 5) is 24.2. The molecular weight excluding hydrogens is 260 g/mol. The van der Waals surface area contributed by atoms with Crippen molar-refractivity contribution in [1.82, 2.24) is 10.3 Å². The van der Waals surface area contributed by atoms with E-state index in [-0.39, 0.29) is 19.1 Å². The van der Waals surface area contributed by atoms with Crippen LogP contribution >= 0.6 is 0 Å². The molecule has 1 heterocycles. The summed E-state index contributed by atoms with van der Waals surface area (Å²) < 4.78 is 0. The van der Waals surface area contributed by atoms with Gasteiger partial charge in [0.05, 0.1) is 12.8 Å². The van der Waals surface area contributed by atoms with Gasteiger partial charge in [0.25, 0.3) is 0 Å². The molecule has 0 aliphatic carbocycles. The number of hydrogen-bond acceptors (Lipinski definition) is 5. The summed E-state index contributed by atoms with van der Waals surface area (Å²) in [6.45, 7) is 0.605. The molecule has 0 radical (unpaired) electrons. The van der Waals surface area contributed by atoms with Gasteiger partial charge < -0.3 is 10.0 Å². The van der Waals surface area contributed by atoms with Crippen molar-refractivity contribution in [3.8, 4) is 0 Å². The monoisotopic (exact) mass is 276 g/mol. The van der Waals surface area contributed by atoms with Crippen molar-refractivity contribution in [2.24, 2.45) is 5.10 Å². The number of hydrogen-bond donors (Lipinski definition) is 2. The van der Waals surface area contributed by atoms with Crippen molar-refractivity contribution < 1.29 is 14.7 Å². The molecule has 1 fully saturated rings. The van der Waals surface area contributed by atoms with Crippen LogP contribution in [-0.4, -0.2) is 55.0 Å². The van der Waals surface area contributed by atoms with Gasteiger partial charge >= 0.3 is 6.03 Å². The first-order valence-electron chi connectivity index (χ1n) is 6.17. The number of nitrogens with zero attached hydrogens (tertiary/aromatic N) is 3. The van der Waals surface area contributed by atoms with Crippen LogP contribution in [0, 0.1) is 0 Å². The Kier molecular flexibility index (Phi) is 4.31. The first-order chi connectivity index (χ1) is 9.60. The molecule has 7 nitrogen and oxygen atoms in total. The third-order valence-electron chi connectivity index (χ3n) is 2.89. The quantitative estimate of drug-likeness (QED) is 0.585. The molecular formula is C13H16N4O3. The molecule has 0 unspecified atom stereocenters. The van der Waals surface area contributed by atoms with Crippen LogP contribution in [0.2, 0.25) is 0 Å². The van der Waals surface area contributed by atoms with Crippen molar-refractivity contribution in [3.63, 3.8) is 0 Å².